The molecule has 2 heterocycles. The predicted octanol–water partition coefficient (Wildman–Crippen LogP) is 4.72. The molecule has 1 aliphatic rings. The van der Waals surface area contributed by atoms with E-state index >= 15 is 0 Å². The second kappa shape index (κ2) is 8.39. The van der Waals surface area contributed by atoms with Crippen molar-refractivity contribution in [2.24, 2.45) is 0 Å². The number of carbonyl (C=O) groups excluding carboxylic acids is 1. The zero-order valence-corrected chi connectivity index (χ0v) is 15.8. The molecule has 27 heavy (non-hydrogen) atoms. The molecule has 146 valence electrons. The lowest BCUT2D eigenvalue weighted by Crippen LogP contribution is -2.32. The number of likely N-dealkylation sites (tertiary alicyclic amines) is 1. The fourth-order valence-electron chi connectivity index (χ4n) is 3.17. The van der Waals surface area contributed by atoms with Gasteiger partial charge in [-0.3, -0.25) is 4.90 Å². The number of piperidine rings is 1. The van der Waals surface area contributed by atoms with Gasteiger partial charge in [-0.2, -0.15) is 13.2 Å². The lowest BCUT2D eigenvalue weighted by molar-refractivity contribution is -0.137. The summed E-state index contributed by atoms with van der Waals surface area (Å²) in [6, 6.07) is 5.35. The maximum atomic E-state index is 12.6. The van der Waals surface area contributed by atoms with E-state index in [0.717, 1.165) is 48.6 Å². The number of halogens is 3. The number of hydrogen-bond acceptors (Lipinski definition) is 5. The number of nitrogens with zero attached hydrogens (tertiary/aromatic N) is 2. The first kappa shape index (κ1) is 19.8. The summed E-state index contributed by atoms with van der Waals surface area (Å²) in [6.45, 7) is 4.42. The first-order valence-corrected chi connectivity index (χ1v) is 9.76. The van der Waals surface area contributed by atoms with Gasteiger partial charge in [-0.1, -0.05) is 12.1 Å². The summed E-state index contributed by atoms with van der Waals surface area (Å²) < 4.78 is 42.9. The van der Waals surface area contributed by atoms with Crippen molar-refractivity contribution in [3.05, 3.63) is 51.5 Å². The fourth-order valence-corrected chi connectivity index (χ4v) is 4.13. The van der Waals surface area contributed by atoms with Gasteiger partial charge in [0.25, 0.3) is 0 Å². The van der Waals surface area contributed by atoms with Gasteiger partial charge in [-0.05, 0) is 50.6 Å². The van der Waals surface area contributed by atoms with E-state index in [2.05, 4.69) is 9.88 Å². The van der Waals surface area contributed by atoms with Crippen molar-refractivity contribution in [1.29, 1.82) is 0 Å². The molecular weight excluding hydrogens is 377 g/mol. The molecule has 4 nitrogen and oxygen atoms in total. The van der Waals surface area contributed by atoms with Crippen molar-refractivity contribution in [3.63, 3.8) is 0 Å². The Balaban J connectivity index is 1.52. The quantitative estimate of drug-likeness (QED) is 0.684. The van der Waals surface area contributed by atoms with E-state index in [1.54, 1.807) is 24.4 Å². The summed E-state index contributed by atoms with van der Waals surface area (Å²) in [6.07, 6.45) is -2.47. The topological polar surface area (TPSA) is 42.4 Å². The van der Waals surface area contributed by atoms with Crippen LogP contribution in [0.5, 0.6) is 0 Å². The highest BCUT2D eigenvalue weighted by atomic mass is 32.1. The fraction of sp³-hybridized carbons (Fsp3) is 0.474. The van der Waals surface area contributed by atoms with Crippen LogP contribution >= 0.6 is 11.3 Å². The van der Waals surface area contributed by atoms with Crippen LogP contribution in [-0.2, 0) is 17.5 Å². The molecule has 1 fully saturated rings. The van der Waals surface area contributed by atoms with Gasteiger partial charge in [0, 0.05) is 17.8 Å². The molecule has 1 aromatic heterocycles. The number of carbonyl (C=O) groups is 1. The summed E-state index contributed by atoms with van der Waals surface area (Å²) in [7, 11) is 0. The summed E-state index contributed by atoms with van der Waals surface area (Å²) in [5.74, 6) is -0.0817. The van der Waals surface area contributed by atoms with Crippen molar-refractivity contribution in [3.8, 4) is 0 Å². The number of benzene rings is 1. The lowest BCUT2D eigenvalue weighted by atomic mass is 9.97. The molecule has 0 aliphatic carbocycles. The number of alkyl halides is 3. The molecule has 0 spiro atoms. The van der Waals surface area contributed by atoms with Gasteiger partial charge in [0.15, 0.2) is 5.69 Å². The van der Waals surface area contributed by atoms with E-state index in [-0.39, 0.29) is 5.97 Å². The van der Waals surface area contributed by atoms with Crippen molar-refractivity contribution in [1.82, 2.24) is 9.88 Å². The highest BCUT2D eigenvalue weighted by Crippen LogP contribution is 2.32. The van der Waals surface area contributed by atoms with Crippen molar-refractivity contribution < 1.29 is 22.7 Å². The van der Waals surface area contributed by atoms with Crippen molar-refractivity contribution >= 4 is 17.3 Å². The first-order valence-electron chi connectivity index (χ1n) is 8.88. The second-order valence-corrected chi connectivity index (χ2v) is 7.43. The third-order valence-electron chi connectivity index (χ3n) is 4.63. The van der Waals surface area contributed by atoms with Crippen molar-refractivity contribution in [2.75, 3.05) is 19.7 Å². The number of hydrogen-bond donors (Lipinski definition) is 0. The Kier molecular flexibility index (Phi) is 6.16. The van der Waals surface area contributed by atoms with Crippen LogP contribution in [0.2, 0.25) is 0 Å². The van der Waals surface area contributed by atoms with Crippen LogP contribution in [0.1, 0.15) is 52.3 Å². The van der Waals surface area contributed by atoms with Gasteiger partial charge in [-0.15, -0.1) is 11.3 Å². The lowest BCUT2D eigenvalue weighted by Gasteiger charge is -2.31. The average molecular weight is 398 g/mol. The molecule has 0 atom stereocenters. The molecule has 2 aromatic rings. The molecule has 1 saturated heterocycles. The van der Waals surface area contributed by atoms with Gasteiger partial charge in [-0.25, -0.2) is 9.78 Å². The van der Waals surface area contributed by atoms with E-state index in [0.29, 0.717) is 24.8 Å². The van der Waals surface area contributed by atoms with Gasteiger partial charge in [0.2, 0.25) is 0 Å². The molecule has 0 unspecified atom stereocenters. The molecule has 0 N–H and O–H groups in total. The Morgan fingerprint density at radius 2 is 1.93 bits per heavy atom. The maximum Gasteiger partial charge on any atom is 0.416 e. The van der Waals surface area contributed by atoms with Crippen LogP contribution in [0.4, 0.5) is 13.2 Å². The summed E-state index contributed by atoms with van der Waals surface area (Å²) in [5.41, 5.74) is 0.621. The van der Waals surface area contributed by atoms with Crippen LogP contribution in [0.3, 0.4) is 0 Å². The molecular formula is C19H21F3N2O2S. The Morgan fingerprint density at radius 1 is 1.26 bits per heavy atom. The minimum Gasteiger partial charge on any atom is -0.461 e. The average Bonchev–Trinajstić information content (AvgIpc) is 3.12. The standard InChI is InChI=1S/C19H21F3N2O2S/c1-2-26-18(25)16-12-27-17(23-16)14-7-9-24(10-8-14)11-13-3-5-15(6-4-13)19(20,21)22/h3-6,12,14H,2,7-11H2,1H3. The summed E-state index contributed by atoms with van der Waals surface area (Å²) >= 11 is 1.48. The van der Waals surface area contributed by atoms with Gasteiger partial charge in [0.1, 0.15) is 0 Å². The molecule has 0 amide bonds. The maximum absolute atomic E-state index is 12.6. The minimum absolute atomic E-state index is 0.307. The zero-order chi connectivity index (χ0) is 19.4. The van der Waals surface area contributed by atoms with Crippen LogP contribution in [-0.4, -0.2) is 35.5 Å². The SMILES string of the molecule is CCOC(=O)c1csc(C2CCN(Cc3ccc(C(F)(F)F)cc3)CC2)n1. The molecule has 0 bridgehead atoms. The highest BCUT2D eigenvalue weighted by molar-refractivity contribution is 7.09. The zero-order valence-electron chi connectivity index (χ0n) is 15.0. The largest absolute Gasteiger partial charge is 0.461 e. The first-order chi connectivity index (χ1) is 12.9. The van der Waals surface area contributed by atoms with Gasteiger partial charge < -0.3 is 4.74 Å². The minimum atomic E-state index is -4.30. The number of rotatable bonds is 5. The highest BCUT2D eigenvalue weighted by Gasteiger charge is 2.30. The summed E-state index contributed by atoms with van der Waals surface area (Å²) in [4.78, 5) is 18.4. The smallest absolute Gasteiger partial charge is 0.416 e. The molecule has 3 rings (SSSR count). The normalized spacial score (nSPS) is 16.4. The Hall–Kier alpha value is -1.93. The monoisotopic (exact) mass is 398 g/mol. The second-order valence-electron chi connectivity index (χ2n) is 6.54. The molecule has 8 heteroatoms. The van der Waals surface area contributed by atoms with Crippen LogP contribution in [0.15, 0.2) is 29.6 Å². The Bertz CT molecular complexity index is 766. The van der Waals surface area contributed by atoms with E-state index in [1.165, 1.54) is 11.3 Å². The third kappa shape index (κ3) is 5.07. The Morgan fingerprint density at radius 3 is 2.52 bits per heavy atom. The number of thiazole rings is 1. The van der Waals surface area contributed by atoms with Gasteiger partial charge >= 0.3 is 12.1 Å². The van der Waals surface area contributed by atoms with E-state index in [9.17, 15) is 18.0 Å². The van der Waals surface area contributed by atoms with Crippen molar-refractivity contribution in [2.45, 2.75) is 38.4 Å². The van der Waals surface area contributed by atoms with Crippen LogP contribution in [0.25, 0.3) is 0 Å². The molecule has 0 saturated carbocycles. The molecule has 1 aliphatic heterocycles. The summed E-state index contributed by atoms with van der Waals surface area (Å²) in [5, 5.41) is 2.69. The number of ether oxygens (including phenoxy) is 1. The Labute approximate surface area is 160 Å². The molecule has 1 aromatic carbocycles. The van der Waals surface area contributed by atoms with E-state index in [4.69, 9.17) is 4.74 Å². The number of aromatic nitrogens is 1. The number of esters is 1. The van der Waals surface area contributed by atoms with E-state index in [1.807, 2.05) is 0 Å². The van der Waals surface area contributed by atoms with Crippen LogP contribution < -0.4 is 0 Å². The molecule has 0 radical (unpaired) electrons. The predicted molar refractivity (Wildman–Crippen MR) is 96.8 cm³/mol. The van der Waals surface area contributed by atoms with E-state index < -0.39 is 11.7 Å². The van der Waals surface area contributed by atoms with Gasteiger partial charge in [0.05, 0.1) is 17.2 Å². The third-order valence-corrected chi connectivity index (χ3v) is 5.64. The van der Waals surface area contributed by atoms with Crippen LogP contribution in [0, 0.1) is 0 Å².